The first kappa shape index (κ1) is 21.7. The summed E-state index contributed by atoms with van der Waals surface area (Å²) in [7, 11) is 1.29. The van der Waals surface area contributed by atoms with Crippen LogP contribution in [0.25, 0.3) is 0 Å². The topological polar surface area (TPSA) is 117 Å². The maximum Gasteiger partial charge on any atom is 0.344 e. The van der Waals surface area contributed by atoms with Gasteiger partial charge >= 0.3 is 11.7 Å². The fourth-order valence-electron chi connectivity index (χ4n) is 2.49. The Kier molecular flexibility index (Phi) is 7.13. The van der Waals surface area contributed by atoms with E-state index in [2.05, 4.69) is 5.32 Å². The lowest BCUT2D eigenvalue weighted by Gasteiger charge is -2.12. The zero-order valence-corrected chi connectivity index (χ0v) is 16.6. The van der Waals surface area contributed by atoms with E-state index in [0.717, 1.165) is 11.1 Å². The molecule has 29 heavy (non-hydrogen) atoms. The lowest BCUT2D eigenvalue weighted by molar-refractivity contribution is -0.385. The molecule has 0 aromatic heterocycles. The Morgan fingerprint density at radius 2 is 1.76 bits per heavy atom. The molecule has 0 saturated carbocycles. The Labute approximate surface area is 167 Å². The van der Waals surface area contributed by atoms with Crippen LogP contribution in [0.1, 0.15) is 16.7 Å². The molecule has 2 aromatic carbocycles. The van der Waals surface area contributed by atoms with Crippen LogP contribution in [0.2, 0.25) is 0 Å². The Hall–Kier alpha value is -3.62. The molecule has 9 heteroatoms. The van der Waals surface area contributed by atoms with Crippen molar-refractivity contribution >= 4 is 23.3 Å². The van der Waals surface area contributed by atoms with E-state index in [1.807, 2.05) is 26.0 Å². The van der Waals surface area contributed by atoms with E-state index in [4.69, 9.17) is 14.2 Å². The van der Waals surface area contributed by atoms with E-state index in [0.29, 0.717) is 17.0 Å². The van der Waals surface area contributed by atoms with E-state index in [-0.39, 0.29) is 18.0 Å². The second kappa shape index (κ2) is 9.54. The van der Waals surface area contributed by atoms with Gasteiger partial charge in [-0.2, -0.15) is 0 Å². The van der Waals surface area contributed by atoms with Gasteiger partial charge in [-0.1, -0.05) is 12.1 Å². The van der Waals surface area contributed by atoms with Crippen LogP contribution in [0.4, 0.5) is 11.4 Å². The number of ether oxygens (including phenoxy) is 3. The normalized spacial score (nSPS) is 10.2. The predicted molar refractivity (Wildman–Crippen MR) is 105 cm³/mol. The number of rotatable bonds is 8. The third-order valence-corrected chi connectivity index (χ3v) is 4.05. The summed E-state index contributed by atoms with van der Waals surface area (Å²) in [6.45, 7) is 4.51. The van der Waals surface area contributed by atoms with Crippen LogP contribution in [0.3, 0.4) is 0 Å². The first-order chi connectivity index (χ1) is 13.7. The molecular formula is C20H22N2O7. The van der Waals surface area contributed by atoms with Crippen molar-refractivity contribution < 1.29 is 28.7 Å². The van der Waals surface area contributed by atoms with Gasteiger partial charge in [-0.3, -0.25) is 14.9 Å². The average molecular weight is 402 g/mol. The number of aryl methyl sites for hydroxylation is 3. The molecule has 0 aliphatic heterocycles. The van der Waals surface area contributed by atoms with Gasteiger partial charge in [0.2, 0.25) is 0 Å². The fraction of sp³-hybridized carbons (Fsp3) is 0.300. The molecule has 0 radical (unpaired) electrons. The molecule has 0 atom stereocenters. The third kappa shape index (κ3) is 5.93. The molecule has 154 valence electrons. The number of hydrogen-bond donors (Lipinski definition) is 1. The fourth-order valence-corrected chi connectivity index (χ4v) is 2.49. The number of benzene rings is 2. The SMILES string of the molecule is COc1cc(NC(=O)COC(=O)COc2cc(C)ccc2C)c(C)cc1[N+](=O)[O-]. The van der Waals surface area contributed by atoms with Crippen molar-refractivity contribution in [3.05, 3.63) is 57.1 Å². The molecule has 0 heterocycles. The molecule has 0 spiro atoms. The number of methoxy groups -OCH3 is 1. The summed E-state index contributed by atoms with van der Waals surface area (Å²) < 4.78 is 15.3. The molecule has 2 rings (SSSR count). The first-order valence-corrected chi connectivity index (χ1v) is 8.69. The molecule has 0 aliphatic carbocycles. The van der Waals surface area contributed by atoms with Crippen molar-refractivity contribution in [1.82, 2.24) is 0 Å². The minimum Gasteiger partial charge on any atom is -0.490 e. The number of nitrogens with one attached hydrogen (secondary N) is 1. The van der Waals surface area contributed by atoms with Crippen LogP contribution in [-0.2, 0) is 14.3 Å². The number of amides is 1. The van der Waals surface area contributed by atoms with Crippen molar-refractivity contribution in [3.63, 3.8) is 0 Å². The van der Waals surface area contributed by atoms with E-state index in [1.165, 1.54) is 19.2 Å². The van der Waals surface area contributed by atoms with Gasteiger partial charge < -0.3 is 19.5 Å². The minimum absolute atomic E-state index is 0.00909. The molecule has 1 amide bonds. The number of carbonyl (C=O) groups is 2. The Morgan fingerprint density at radius 3 is 2.41 bits per heavy atom. The summed E-state index contributed by atoms with van der Waals surface area (Å²) in [5.74, 6) is -0.710. The summed E-state index contributed by atoms with van der Waals surface area (Å²) in [5.41, 5.74) is 2.45. The quantitative estimate of drug-likeness (QED) is 0.410. The average Bonchev–Trinajstić information content (AvgIpc) is 2.68. The Balaban J connectivity index is 1.90. The largest absolute Gasteiger partial charge is 0.490 e. The highest BCUT2D eigenvalue weighted by Gasteiger charge is 2.19. The lowest BCUT2D eigenvalue weighted by atomic mass is 10.1. The molecule has 0 bridgehead atoms. The van der Waals surface area contributed by atoms with Crippen LogP contribution in [0, 0.1) is 30.9 Å². The van der Waals surface area contributed by atoms with Crippen molar-refractivity contribution in [3.8, 4) is 11.5 Å². The summed E-state index contributed by atoms with van der Waals surface area (Å²) in [5, 5.41) is 13.6. The minimum atomic E-state index is -0.695. The molecule has 0 fully saturated rings. The molecule has 1 N–H and O–H groups in total. The molecule has 2 aromatic rings. The van der Waals surface area contributed by atoms with Crippen LogP contribution in [0.15, 0.2) is 30.3 Å². The van der Waals surface area contributed by atoms with Gasteiger partial charge in [0.25, 0.3) is 5.91 Å². The van der Waals surface area contributed by atoms with Crippen molar-refractivity contribution in [1.29, 1.82) is 0 Å². The number of nitrogens with zero attached hydrogens (tertiary/aromatic N) is 1. The van der Waals surface area contributed by atoms with Gasteiger partial charge in [-0.15, -0.1) is 0 Å². The summed E-state index contributed by atoms with van der Waals surface area (Å²) in [6, 6.07) is 8.25. The second-order valence-electron chi connectivity index (χ2n) is 6.36. The smallest absolute Gasteiger partial charge is 0.344 e. The second-order valence-corrected chi connectivity index (χ2v) is 6.36. The standard InChI is InChI=1S/C20H22N2O7/c1-12-5-6-13(2)17(7-12)28-11-20(24)29-10-19(23)21-15-9-18(27-4)16(22(25)26)8-14(15)3/h5-9H,10-11H2,1-4H3,(H,21,23). The van der Waals surface area contributed by atoms with E-state index in [9.17, 15) is 19.7 Å². The Morgan fingerprint density at radius 1 is 1.03 bits per heavy atom. The van der Waals surface area contributed by atoms with Gasteiger partial charge in [-0.05, 0) is 43.5 Å². The van der Waals surface area contributed by atoms with E-state index < -0.39 is 23.4 Å². The molecule has 0 saturated heterocycles. The zero-order valence-electron chi connectivity index (χ0n) is 16.6. The number of nitro benzene ring substituents is 1. The van der Waals surface area contributed by atoms with Crippen LogP contribution >= 0.6 is 0 Å². The van der Waals surface area contributed by atoms with Crippen molar-refractivity contribution in [2.45, 2.75) is 20.8 Å². The third-order valence-electron chi connectivity index (χ3n) is 4.05. The summed E-state index contributed by atoms with van der Waals surface area (Å²) >= 11 is 0. The first-order valence-electron chi connectivity index (χ1n) is 8.69. The maximum atomic E-state index is 12.1. The van der Waals surface area contributed by atoms with Gasteiger partial charge in [0.15, 0.2) is 19.0 Å². The molecular weight excluding hydrogens is 380 g/mol. The van der Waals surface area contributed by atoms with E-state index in [1.54, 1.807) is 13.0 Å². The van der Waals surface area contributed by atoms with Gasteiger partial charge in [0.1, 0.15) is 5.75 Å². The van der Waals surface area contributed by atoms with Crippen molar-refractivity contribution in [2.24, 2.45) is 0 Å². The highest BCUT2D eigenvalue weighted by atomic mass is 16.6. The number of hydrogen-bond acceptors (Lipinski definition) is 7. The van der Waals surface area contributed by atoms with Gasteiger partial charge in [0.05, 0.1) is 12.0 Å². The predicted octanol–water partition coefficient (Wildman–Crippen LogP) is 3.09. The number of esters is 1. The van der Waals surface area contributed by atoms with Crippen molar-refractivity contribution in [2.75, 3.05) is 25.6 Å². The lowest BCUT2D eigenvalue weighted by Crippen LogP contribution is -2.24. The summed E-state index contributed by atoms with van der Waals surface area (Å²) in [4.78, 5) is 34.3. The molecule has 9 nitrogen and oxygen atoms in total. The van der Waals surface area contributed by atoms with E-state index >= 15 is 0 Å². The molecule has 0 unspecified atom stereocenters. The number of anilines is 1. The molecule has 0 aliphatic rings. The summed E-state index contributed by atoms with van der Waals surface area (Å²) in [6.07, 6.45) is 0. The number of nitro groups is 1. The highest BCUT2D eigenvalue weighted by molar-refractivity contribution is 5.94. The zero-order chi connectivity index (χ0) is 21.6. The number of carbonyl (C=O) groups excluding carboxylic acids is 2. The maximum absolute atomic E-state index is 12.1. The van der Waals surface area contributed by atoms with Crippen LogP contribution in [0.5, 0.6) is 11.5 Å². The Bertz CT molecular complexity index is 941. The van der Waals surface area contributed by atoms with Crippen LogP contribution in [-0.4, -0.2) is 37.1 Å². The highest BCUT2D eigenvalue weighted by Crippen LogP contribution is 2.32. The van der Waals surface area contributed by atoms with Crippen LogP contribution < -0.4 is 14.8 Å². The van der Waals surface area contributed by atoms with Gasteiger partial charge in [-0.25, -0.2) is 4.79 Å². The monoisotopic (exact) mass is 402 g/mol. The van der Waals surface area contributed by atoms with Gasteiger partial charge in [0, 0.05) is 17.8 Å².